The number of hydrogen-bond acceptors (Lipinski definition) is 4. The van der Waals surface area contributed by atoms with Crippen LogP contribution in [-0.2, 0) is 6.18 Å². The molecule has 1 aromatic carbocycles. The summed E-state index contributed by atoms with van der Waals surface area (Å²) in [6.07, 6.45) is -3.22. The van der Waals surface area contributed by atoms with Crippen molar-refractivity contribution in [2.45, 2.75) is 19.1 Å². The Labute approximate surface area is 130 Å². The summed E-state index contributed by atoms with van der Waals surface area (Å²) < 4.78 is 39.3. The van der Waals surface area contributed by atoms with Gasteiger partial charge in [0.05, 0.1) is 30.1 Å². The quantitative estimate of drug-likeness (QED) is 0.928. The molecule has 1 heterocycles. The van der Waals surface area contributed by atoms with Gasteiger partial charge in [0.1, 0.15) is 0 Å². The molecular weight excluding hydrogens is 313 g/mol. The second-order valence-electron chi connectivity index (χ2n) is 5.04. The molecule has 0 saturated carbocycles. The molecule has 0 bridgehead atoms. The lowest BCUT2D eigenvalue weighted by Gasteiger charge is -2.21. The van der Waals surface area contributed by atoms with Crippen LogP contribution in [0.4, 0.5) is 13.2 Å². The number of benzene rings is 1. The van der Waals surface area contributed by atoms with Crippen LogP contribution in [0.1, 0.15) is 23.0 Å². The molecule has 1 unspecified atom stereocenters. The summed E-state index contributed by atoms with van der Waals surface area (Å²) in [6, 6.07) is 4.13. The predicted molar refractivity (Wildman–Crippen MR) is 75.0 cm³/mol. The van der Waals surface area contributed by atoms with Crippen molar-refractivity contribution in [2.24, 2.45) is 0 Å². The maximum atomic E-state index is 12.7. The summed E-state index contributed by atoms with van der Waals surface area (Å²) in [6.45, 7) is 1.43. The highest BCUT2D eigenvalue weighted by Gasteiger charge is 2.30. The van der Waals surface area contributed by atoms with Gasteiger partial charge in [0.25, 0.3) is 5.91 Å². The highest BCUT2D eigenvalue weighted by atomic mass is 19.4. The van der Waals surface area contributed by atoms with Gasteiger partial charge in [0.15, 0.2) is 5.69 Å². The zero-order valence-electron chi connectivity index (χ0n) is 12.4. The van der Waals surface area contributed by atoms with E-state index in [9.17, 15) is 18.0 Å². The fraction of sp³-hybridized carbons (Fsp3) is 0.357. The van der Waals surface area contributed by atoms with Crippen LogP contribution in [0.2, 0.25) is 0 Å². The second kappa shape index (κ2) is 6.37. The van der Waals surface area contributed by atoms with Crippen LogP contribution >= 0.6 is 0 Å². The largest absolute Gasteiger partial charge is 0.416 e. The molecule has 2 aromatic rings. The Morgan fingerprint density at radius 2 is 2.13 bits per heavy atom. The molecule has 6 nitrogen and oxygen atoms in total. The molecule has 0 aliphatic heterocycles. The maximum Gasteiger partial charge on any atom is 0.416 e. The summed E-state index contributed by atoms with van der Waals surface area (Å²) >= 11 is 0. The van der Waals surface area contributed by atoms with Crippen molar-refractivity contribution in [3.05, 3.63) is 41.7 Å². The Morgan fingerprint density at radius 1 is 1.43 bits per heavy atom. The van der Waals surface area contributed by atoms with Crippen molar-refractivity contribution >= 4 is 5.91 Å². The fourth-order valence-corrected chi connectivity index (χ4v) is 1.82. The van der Waals surface area contributed by atoms with Crippen molar-refractivity contribution in [3.63, 3.8) is 0 Å². The van der Waals surface area contributed by atoms with Gasteiger partial charge >= 0.3 is 6.18 Å². The van der Waals surface area contributed by atoms with Crippen molar-refractivity contribution < 1.29 is 23.1 Å². The summed E-state index contributed by atoms with van der Waals surface area (Å²) in [5.74, 6) is -0.482. The molecule has 2 rings (SSSR count). The van der Waals surface area contributed by atoms with Crippen molar-refractivity contribution in [1.29, 1.82) is 0 Å². The highest BCUT2D eigenvalue weighted by Crippen LogP contribution is 2.30. The minimum absolute atomic E-state index is 0.0230. The zero-order chi connectivity index (χ0) is 17.2. The summed E-state index contributed by atoms with van der Waals surface area (Å²) in [5, 5.41) is 16.4. The third kappa shape index (κ3) is 3.67. The van der Waals surface area contributed by atoms with Gasteiger partial charge in [-0.15, -0.1) is 5.10 Å². The van der Waals surface area contributed by atoms with Crippen molar-refractivity contribution in [3.8, 4) is 5.69 Å². The van der Waals surface area contributed by atoms with Gasteiger partial charge in [-0.2, -0.15) is 13.2 Å². The van der Waals surface area contributed by atoms with Crippen molar-refractivity contribution in [2.75, 3.05) is 13.7 Å². The molecule has 1 atom stereocenters. The number of aliphatic hydroxyl groups excluding tert-OH is 1. The minimum atomic E-state index is -4.47. The van der Waals surface area contributed by atoms with E-state index in [-0.39, 0.29) is 18.0 Å². The molecule has 0 aliphatic rings. The van der Waals surface area contributed by atoms with Crippen LogP contribution in [0.15, 0.2) is 30.5 Å². The number of aliphatic hydroxyl groups is 1. The fourth-order valence-electron chi connectivity index (χ4n) is 1.82. The first-order valence-electron chi connectivity index (χ1n) is 6.72. The lowest BCUT2D eigenvalue weighted by Crippen LogP contribution is -2.37. The third-order valence-corrected chi connectivity index (χ3v) is 3.40. The normalized spacial score (nSPS) is 13.0. The molecule has 1 aromatic heterocycles. The molecule has 0 saturated heterocycles. The van der Waals surface area contributed by atoms with Gasteiger partial charge in [-0.05, 0) is 25.1 Å². The number of likely N-dealkylation sites (N-methyl/N-ethyl adjacent to an activating group) is 1. The van der Waals surface area contributed by atoms with Crippen LogP contribution in [0.25, 0.3) is 5.69 Å². The topological polar surface area (TPSA) is 71.2 Å². The smallest absolute Gasteiger partial charge is 0.394 e. The average Bonchev–Trinajstić information content (AvgIpc) is 3.02. The molecule has 9 heteroatoms. The van der Waals surface area contributed by atoms with E-state index in [1.54, 1.807) is 6.92 Å². The Bertz CT molecular complexity index is 699. The van der Waals surface area contributed by atoms with E-state index in [0.717, 1.165) is 16.8 Å². The Hall–Kier alpha value is -2.42. The van der Waals surface area contributed by atoms with E-state index >= 15 is 0 Å². The first-order chi connectivity index (χ1) is 10.7. The average molecular weight is 328 g/mol. The van der Waals surface area contributed by atoms with Gasteiger partial charge in [0.2, 0.25) is 0 Å². The van der Waals surface area contributed by atoms with E-state index in [4.69, 9.17) is 5.11 Å². The molecule has 0 aliphatic carbocycles. The molecule has 23 heavy (non-hydrogen) atoms. The van der Waals surface area contributed by atoms with E-state index in [0.29, 0.717) is 0 Å². The van der Waals surface area contributed by atoms with Crippen LogP contribution in [0, 0.1) is 0 Å². The number of amides is 1. The van der Waals surface area contributed by atoms with E-state index in [1.165, 1.54) is 30.3 Å². The summed E-state index contributed by atoms with van der Waals surface area (Å²) in [5.41, 5.74) is -0.696. The first-order valence-corrected chi connectivity index (χ1v) is 6.72. The van der Waals surface area contributed by atoms with Gasteiger partial charge in [0, 0.05) is 7.05 Å². The lowest BCUT2D eigenvalue weighted by atomic mass is 10.2. The number of rotatable bonds is 4. The van der Waals surface area contributed by atoms with Crippen molar-refractivity contribution in [1.82, 2.24) is 19.9 Å². The van der Waals surface area contributed by atoms with Gasteiger partial charge in [-0.1, -0.05) is 11.3 Å². The van der Waals surface area contributed by atoms with Crippen LogP contribution in [0.3, 0.4) is 0 Å². The Balaban J connectivity index is 2.28. The monoisotopic (exact) mass is 328 g/mol. The van der Waals surface area contributed by atoms with Crippen LogP contribution in [-0.4, -0.2) is 50.6 Å². The van der Waals surface area contributed by atoms with Gasteiger partial charge < -0.3 is 10.0 Å². The van der Waals surface area contributed by atoms with Gasteiger partial charge in [-0.3, -0.25) is 4.79 Å². The molecular formula is C14H15F3N4O2. The molecule has 0 spiro atoms. The standard InChI is InChI=1S/C14H15F3N4O2/c1-9(8-22)20(2)13(23)12-7-21(19-18-12)11-5-3-4-10(6-11)14(15,16)17/h3-7,9,22H,8H2,1-2H3. The van der Waals surface area contributed by atoms with E-state index < -0.39 is 23.7 Å². The molecule has 1 N–H and O–H groups in total. The molecule has 124 valence electrons. The molecule has 1 amide bonds. The number of aromatic nitrogens is 3. The van der Waals surface area contributed by atoms with E-state index in [2.05, 4.69) is 10.3 Å². The number of carbonyl (C=O) groups excluding carboxylic acids is 1. The number of hydrogen-bond donors (Lipinski definition) is 1. The highest BCUT2D eigenvalue weighted by molar-refractivity contribution is 5.92. The third-order valence-electron chi connectivity index (χ3n) is 3.40. The van der Waals surface area contributed by atoms with Crippen LogP contribution < -0.4 is 0 Å². The lowest BCUT2D eigenvalue weighted by molar-refractivity contribution is -0.137. The first kappa shape index (κ1) is 16.9. The molecule has 0 fully saturated rings. The number of halogens is 3. The zero-order valence-corrected chi connectivity index (χ0v) is 12.4. The van der Waals surface area contributed by atoms with Crippen LogP contribution in [0.5, 0.6) is 0 Å². The van der Waals surface area contributed by atoms with E-state index in [1.807, 2.05) is 0 Å². The summed E-state index contributed by atoms with van der Waals surface area (Å²) in [4.78, 5) is 13.4. The molecule has 0 radical (unpaired) electrons. The number of alkyl halides is 3. The number of nitrogens with zero attached hydrogens (tertiary/aromatic N) is 4. The Morgan fingerprint density at radius 3 is 2.74 bits per heavy atom. The maximum absolute atomic E-state index is 12.7. The SMILES string of the molecule is CC(CO)N(C)C(=O)c1cn(-c2cccc(C(F)(F)F)c2)nn1. The number of carbonyl (C=O) groups is 1. The summed E-state index contributed by atoms with van der Waals surface area (Å²) in [7, 11) is 1.49. The second-order valence-corrected chi connectivity index (χ2v) is 5.04. The van der Waals surface area contributed by atoms with Gasteiger partial charge in [-0.25, -0.2) is 4.68 Å². The Kier molecular flexibility index (Phi) is 4.69. The predicted octanol–water partition coefficient (Wildman–Crippen LogP) is 1.74. The minimum Gasteiger partial charge on any atom is -0.394 e.